The number of amides is 2. The van der Waals surface area contributed by atoms with Crippen molar-refractivity contribution in [1.29, 1.82) is 0 Å². The Balaban J connectivity index is 0.00000280. The highest BCUT2D eigenvalue weighted by atomic mass is 35.5. The van der Waals surface area contributed by atoms with Crippen LogP contribution < -0.4 is 5.32 Å². The van der Waals surface area contributed by atoms with Gasteiger partial charge in [-0.15, -0.1) is 12.4 Å². The van der Waals surface area contributed by atoms with Gasteiger partial charge in [0.2, 0.25) is 11.8 Å². The van der Waals surface area contributed by atoms with E-state index < -0.39 is 0 Å². The molecule has 2 fully saturated rings. The third kappa shape index (κ3) is 6.47. The Morgan fingerprint density at radius 2 is 1.82 bits per heavy atom. The van der Waals surface area contributed by atoms with Gasteiger partial charge in [-0.2, -0.15) is 0 Å². The summed E-state index contributed by atoms with van der Waals surface area (Å²) in [7, 11) is 1.65. The van der Waals surface area contributed by atoms with Crippen molar-refractivity contribution in [3.05, 3.63) is 35.9 Å². The van der Waals surface area contributed by atoms with E-state index in [0.717, 1.165) is 25.7 Å². The maximum Gasteiger partial charge on any atom is 0.236 e. The molecule has 156 valence electrons. The van der Waals surface area contributed by atoms with Crippen molar-refractivity contribution in [2.24, 2.45) is 5.92 Å². The molecule has 0 bridgehead atoms. The van der Waals surface area contributed by atoms with Crippen LogP contribution in [0, 0.1) is 5.92 Å². The number of rotatable bonds is 9. The lowest BCUT2D eigenvalue weighted by atomic mass is 9.94. The molecule has 6 nitrogen and oxygen atoms in total. The van der Waals surface area contributed by atoms with E-state index in [4.69, 9.17) is 4.74 Å². The molecule has 7 heteroatoms. The average molecular weight is 410 g/mol. The van der Waals surface area contributed by atoms with E-state index in [0.29, 0.717) is 45.4 Å². The van der Waals surface area contributed by atoms with Crippen molar-refractivity contribution in [1.82, 2.24) is 15.1 Å². The maximum absolute atomic E-state index is 13.1. The van der Waals surface area contributed by atoms with Crippen molar-refractivity contribution >= 4 is 24.2 Å². The lowest BCUT2D eigenvalue weighted by Crippen LogP contribution is -2.47. The summed E-state index contributed by atoms with van der Waals surface area (Å²) in [5, 5.41) is 3.09. The standard InChI is InChI=1S/C21H31N3O3.ClH/c1-27-14-11-22-15-20(25)23-12-9-18(10-13-23)21(26)24(19-7-8-19)16-17-5-3-2-4-6-17;/h2-6,18-19,22H,7-16H2,1H3;1H. The van der Waals surface area contributed by atoms with Gasteiger partial charge in [-0.3, -0.25) is 9.59 Å². The highest BCUT2D eigenvalue weighted by Crippen LogP contribution is 2.31. The average Bonchev–Trinajstić information content (AvgIpc) is 3.55. The van der Waals surface area contributed by atoms with E-state index in [1.54, 1.807) is 7.11 Å². The van der Waals surface area contributed by atoms with Crippen LogP contribution in [0.4, 0.5) is 0 Å². The van der Waals surface area contributed by atoms with Gasteiger partial charge in [0.1, 0.15) is 0 Å². The lowest BCUT2D eigenvalue weighted by Gasteiger charge is -2.34. The second-order valence-electron chi connectivity index (χ2n) is 7.51. The van der Waals surface area contributed by atoms with Gasteiger partial charge in [0, 0.05) is 45.2 Å². The molecular weight excluding hydrogens is 378 g/mol. The van der Waals surface area contributed by atoms with E-state index >= 15 is 0 Å². The normalized spacial score (nSPS) is 17.1. The highest BCUT2D eigenvalue weighted by molar-refractivity contribution is 5.85. The zero-order valence-corrected chi connectivity index (χ0v) is 17.5. The fraction of sp³-hybridized carbons (Fsp3) is 0.619. The summed E-state index contributed by atoms with van der Waals surface area (Å²) in [6, 6.07) is 10.6. The van der Waals surface area contributed by atoms with E-state index in [-0.39, 0.29) is 30.1 Å². The van der Waals surface area contributed by atoms with Crippen LogP contribution in [0.2, 0.25) is 0 Å². The molecule has 3 rings (SSSR count). The van der Waals surface area contributed by atoms with E-state index in [9.17, 15) is 9.59 Å². The van der Waals surface area contributed by atoms with Crippen molar-refractivity contribution in [2.45, 2.75) is 38.3 Å². The second kappa shape index (κ2) is 11.4. The number of carbonyl (C=O) groups is 2. The minimum atomic E-state index is 0. The Labute approximate surface area is 174 Å². The summed E-state index contributed by atoms with van der Waals surface area (Å²) in [6.07, 6.45) is 3.76. The number of likely N-dealkylation sites (tertiary alicyclic amines) is 1. The maximum atomic E-state index is 13.1. The van der Waals surface area contributed by atoms with Crippen LogP contribution in [0.25, 0.3) is 0 Å². The van der Waals surface area contributed by atoms with Gasteiger partial charge >= 0.3 is 0 Å². The smallest absolute Gasteiger partial charge is 0.236 e. The summed E-state index contributed by atoms with van der Waals surface area (Å²) in [6.45, 7) is 3.66. The number of nitrogens with one attached hydrogen (secondary N) is 1. The number of methoxy groups -OCH3 is 1. The van der Waals surface area contributed by atoms with Gasteiger partial charge in [0.25, 0.3) is 0 Å². The number of piperidine rings is 1. The van der Waals surface area contributed by atoms with Crippen molar-refractivity contribution in [3.63, 3.8) is 0 Å². The highest BCUT2D eigenvalue weighted by Gasteiger charge is 2.37. The molecule has 2 aliphatic rings. The first-order valence-corrected chi connectivity index (χ1v) is 10.0. The summed E-state index contributed by atoms with van der Waals surface area (Å²) >= 11 is 0. The van der Waals surface area contributed by atoms with E-state index in [2.05, 4.69) is 22.3 Å². The predicted molar refractivity (Wildman–Crippen MR) is 111 cm³/mol. The Morgan fingerprint density at radius 1 is 1.14 bits per heavy atom. The molecule has 28 heavy (non-hydrogen) atoms. The second-order valence-corrected chi connectivity index (χ2v) is 7.51. The number of carbonyl (C=O) groups excluding carboxylic acids is 2. The minimum Gasteiger partial charge on any atom is -0.383 e. The predicted octanol–water partition coefficient (Wildman–Crippen LogP) is 2.07. The van der Waals surface area contributed by atoms with Gasteiger partial charge in [-0.05, 0) is 31.2 Å². The largest absolute Gasteiger partial charge is 0.383 e. The van der Waals surface area contributed by atoms with Gasteiger partial charge in [-0.1, -0.05) is 30.3 Å². The quantitative estimate of drug-likeness (QED) is 0.634. The van der Waals surface area contributed by atoms with Crippen LogP contribution in [-0.4, -0.2) is 67.6 Å². The van der Waals surface area contributed by atoms with Crippen molar-refractivity contribution < 1.29 is 14.3 Å². The molecule has 0 radical (unpaired) electrons. The van der Waals surface area contributed by atoms with Crippen LogP contribution in [0.15, 0.2) is 30.3 Å². The molecular formula is C21H32ClN3O3. The Kier molecular flexibility index (Phi) is 9.22. The molecule has 1 N–H and O–H groups in total. The molecule has 0 aromatic heterocycles. The van der Waals surface area contributed by atoms with Gasteiger partial charge in [0.15, 0.2) is 0 Å². The number of hydrogen-bond donors (Lipinski definition) is 1. The molecule has 1 aliphatic carbocycles. The van der Waals surface area contributed by atoms with Gasteiger partial charge < -0.3 is 19.9 Å². The molecule has 1 aromatic rings. The topological polar surface area (TPSA) is 61.9 Å². The van der Waals surface area contributed by atoms with Crippen LogP contribution in [0.5, 0.6) is 0 Å². The number of ether oxygens (including phenoxy) is 1. The monoisotopic (exact) mass is 409 g/mol. The fourth-order valence-electron chi connectivity index (χ4n) is 3.64. The first kappa shape index (κ1) is 22.7. The zero-order chi connectivity index (χ0) is 19.1. The first-order valence-electron chi connectivity index (χ1n) is 10.0. The van der Waals surface area contributed by atoms with Crippen molar-refractivity contribution in [2.75, 3.05) is 39.9 Å². The minimum absolute atomic E-state index is 0. The third-order valence-electron chi connectivity index (χ3n) is 5.42. The molecule has 0 spiro atoms. The van der Waals surface area contributed by atoms with Gasteiger partial charge in [0.05, 0.1) is 13.2 Å². The molecule has 0 atom stereocenters. The number of halogens is 1. The van der Waals surface area contributed by atoms with E-state index in [1.807, 2.05) is 23.1 Å². The number of nitrogens with zero attached hydrogens (tertiary/aromatic N) is 2. The SMILES string of the molecule is COCCNCC(=O)N1CCC(C(=O)N(Cc2ccccc2)C2CC2)CC1.Cl. The lowest BCUT2D eigenvalue weighted by molar-refractivity contribution is -0.141. The molecule has 0 unspecified atom stereocenters. The summed E-state index contributed by atoms with van der Waals surface area (Å²) in [4.78, 5) is 29.3. The molecule has 1 aliphatic heterocycles. The summed E-state index contributed by atoms with van der Waals surface area (Å²) in [5.74, 6) is 0.423. The summed E-state index contributed by atoms with van der Waals surface area (Å²) < 4.78 is 4.97. The van der Waals surface area contributed by atoms with Crippen LogP contribution in [0.3, 0.4) is 0 Å². The Hall–Kier alpha value is -1.63. The fourth-order valence-corrected chi connectivity index (χ4v) is 3.64. The van der Waals surface area contributed by atoms with Crippen LogP contribution in [-0.2, 0) is 20.9 Å². The molecule has 1 heterocycles. The Morgan fingerprint density at radius 3 is 2.43 bits per heavy atom. The molecule has 1 aromatic carbocycles. The Bertz CT molecular complexity index is 617. The number of benzene rings is 1. The number of hydrogen-bond acceptors (Lipinski definition) is 4. The third-order valence-corrected chi connectivity index (χ3v) is 5.42. The zero-order valence-electron chi connectivity index (χ0n) is 16.6. The molecule has 2 amide bonds. The molecule has 1 saturated heterocycles. The van der Waals surface area contributed by atoms with Crippen LogP contribution in [0.1, 0.15) is 31.2 Å². The first-order chi connectivity index (χ1) is 13.2. The van der Waals surface area contributed by atoms with Crippen molar-refractivity contribution in [3.8, 4) is 0 Å². The summed E-state index contributed by atoms with van der Waals surface area (Å²) in [5.41, 5.74) is 1.19. The molecule has 1 saturated carbocycles. The van der Waals surface area contributed by atoms with Crippen LogP contribution >= 0.6 is 12.4 Å². The van der Waals surface area contributed by atoms with Gasteiger partial charge in [-0.25, -0.2) is 0 Å². The van der Waals surface area contributed by atoms with E-state index in [1.165, 1.54) is 5.56 Å².